The van der Waals surface area contributed by atoms with Gasteiger partial charge in [-0.15, -0.1) is 0 Å². The summed E-state index contributed by atoms with van der Waals surface area (Å²) in [5.74, 6) is 1.54. The lowest BCUT2D eigenvalue weighted by molar-refractivity contribution is 0.273. The number of anilines is 1. The number of para-hydroxylation sites is 1. The van der Waals surface area contributed by atoms with E-state index in [0.717, 1.165) is 27.0 Å². The summed E-state index contributed by atoms with van der Waals surface area (Å²) < 4.78 is 12.3. The predicted molar refractivity (Wildman–Crippen MR) is 79.1 cm³/mol. The summed E-state index contributed by atoms with van der Waals surface area (Å²) in [5, 5.41) is 0.924. The average Bonchev–Trinajstić information content (AvgIpc) is 2.82. The van der Waals surface area contributed by atoms with Gasteiger partial charge in [0.2, 0.25) is 0 Å². The number of furan rings is 1. The van der Waals surface area contributed by atoms with E-state index in [0.29, 0.717) is 12.3 Å². The second-order valence-corrected chi connectivity index (χ2v) is 5.05. The summed E-state index contributed by atoms with van der Waals surface area (Å²) in [6, 6.07) is 15.3. The standard InChI is InChI=1S/C15H12BrNO2/c16-12-4-1-2-6-15(12)18-9-10-8-11-13(17)5-3-7-14(11)19-10/h1-8H,9,17H2. The first-order chi connectivity index (χ1) is 9.24. The second-order valence-electron chi connectivity index (χ2n) is 4.19. The summed E-state index contributed by atoms with van der Waals surface area (Å²) in [4.78, 5) is 0. The molecule has 0 bridgehead atoms. The molecular formula is C15H12BrNO2. The van der Waals surface area contributed by atoms with Crippen LogP contribution in [-0.2, 0) is 6.61 Å². The van der Waals surface area contributed by atoms with E-state index in [4.69, 9.17) is 14.9 Å². The third-order valence-electron chi connectivity index (χ3n) is 2.85. The molecule has 1 heterocycles. The minimum atomic E-state index is 0.372. The Kier molecular flexibility index (Phi) is 3.17. The van der Waals surface area contributed by atoms with Crippen LogP contribution in [0.3, 0.4) is 0 Å². The first kappa shape index (κ1) is 12.1. The van der Waals surface area contributed by atoms with Crippen LogP contribution in [0.5, 0.6) is 5.75 Å². The number of fused-ring (bicyclic) bond motifs is 1. The van der Waals surface area contributed by atoms with Gasteiger partial charge in [0.25, 0.3) is 0 Å². The van der Waals surface area contributed by atoms with Gasteiger partial charge in [0.15, 0.2) is 0 Å². The van der Waals surface area contributed by atoms with E-state index in [1.54, 1.807) is 0 Å². The summed E-state index contributed by atoms with van der Waals surface area (Å²) in [7, 11) is 0. The van der Waals surface area contributed by atoms with E-state index in [2.05, 4.69) is 15.9 Å². The molecule has 0 saturated heterocycles. The maximum absolute atomic E-state index is 5.89. The molecule has 0 aliphatic heterocycles. The highest BCUT2D eigenvalue weighted by Crippen LogP contribution is 2.27. The van der Waals surface area contributed by atoms with Crippen LogP contribution in [0.1, 0.15) is 5.76 Å². The number of hydrogen-bond donors (Lipinski definition) is 1. The van der Waals surface area contributed by atoms with Crippen molar-refractivity contribution in [3.05, 3.63) is 58.8 Å². The van der Waals surface area contributed by atoms with Crippen molar-refractivity contribution in [1.82, 2.24) is 0 Å². The van der Waals surface area contributed by atoms with Gasteiger partial charge in [-0.3, -0.25) is 0 Å². The topological polar surface area (TPSA) is 48.4 Å². The van der Waals surface area contributed by atoms with Crippen LogP contribution in [0.25, 0.3) is 11.0 Å². The zero-order valence-electron chi connectivity index (χ0n) is 10.1. The third kappa shape index (κ3) is 2.44. The maximum atomic E-state index is 5.89. The molecule has 0 aliphatic carbocycles. The van der Waals surface area contributed by atoms with E-state index in [-0.39, 0.29) is 0 Å². The largest absolute Gasteiger partial charge is 0.484 e. The molecule has 0 saturated carbocycles. The Bertz CT molecular complexity index is 721. The van der Waals surface area contributed by atoms with E-state index in [1.165, 1.54) is 0 Å². The SMILES string of the molecule is Nc1cccc2oc(COc3ccccc3Br)cc12. The van der Waals surface area contributed by atoms with Crippen LogP contribution in [0.15, 0.2) is 57.4 Å². The Balaban J connectivity index is 1.83. The van der Waals surface area contributed by atoms with Crippen LogP contribution >= 0.6 is 15.9 Å². The Hall–Kier alpha value is -1.94. The molecular weight excluding hydrogens is 306 g/mol. The molecule has 0 amide bonds. The van der Waals surface area contributed by atoms with Crippen molar-refractivity contribution in [2.24, 2.45) is 0 Å². The Labute approximate surface area is 119 Å². The van der Waals surface area contributed by atoms with Crippen molar-refractivity contribution >= 4 is 32.6 Å². The maximum Gasteiger partial charge on any atom is 0.146 e. The van der Waals surface area contributed by atoms with Gasteiger partial charge in [-0.25, -0.2) is 0 Å². The fourth-order valence-corrected chi connectivity index (χ4v) is 2.32. The van der Waals surface area contributed by atoms with E-state index in [9.17, 15) is 0 Å². The first-order valence-corrected chi connectivity index (χ1v) is 6.67. The molecule has 3 rings (SSSR count). The molecule has 1 aromatic heterocycles. The quantitative estimate of drug-likeness (QED) is 0.730. The van der Waals surface area contributed by atoms with E-state index < -0.39 is 0 Å². The first-order valence-electron chi connectivity index (χ1n) is 5.88. The average molecular weight is 318 g/mol. The number of ether oxygens (including phenoxy) is 1. The summed E-state index contributed by atoms with van der Waals surface area (Å²) in [6.07, 6.45) is 0. The Morgan fingerprint density at radius 3 is 2.74 bits per heavy atom. The molecule has 3 nitrogen and oxygen atoms in total. The molecule has 0 atom stereocenters. The minimum Gasteiger partial charge on any atom is -0.484 e. The number of nitrogens with two attached hydrogens (primary N) is 1. The lowest BCUT2D eigenvalue weighted by atomic mass is 10.2. The molecule has 4 heteroatoms. The van der Waals surface area contributed by atoms with E-state index >= 15 is 0 Å². The van der Waals surface area contributed by atoms with Crippen LogP contribution in [0.2, 0.25) is 0 Å². The van der Waals surface area contributed by atoms with Gasteiger partial charge in [0.05, 0.1) is 4.47 Å². The van der Waals surface area contributed by atoms with Gasteiger partial charge in [-0.2, -0.15) is 0 Å². The van der Waals surface area contributed by atoms with Crippen molar-refractivity contribution in [3.63, 3.8) is 0 Å². The normalized spacial score (nSPS) is 10.8. The van der Waals surface area contributed by atoms with Gasteiger partial charge < -0.3 is 14.9 Å². The Morgan fingerprint density at radius 1 is 1.11 bits per heavy atom. The molecule has 0 fully saturated rings. The highest BCUT2D eigenvalue weighted by atomic mass is 79.9. The van der Waals surface area contributed by atoms with Gasteiger partial charge in [0.1, 0.15) is 23.7 Å². The number of hydrogen-bond acceptors (Lipinski definition) is 3. The number of rotatable bonds is 3. The Morgan fingerprint density at radius 2 is 1.95 bits per heavy atom. The number of benzene rings is 2. The minimum absolute atomic E-state index is 0.372. The van der Waals surface area contributed by atoms with Crippen LogP contribution in [0, 0.1) is 0 Å². The molecule has 0 radical (unpaired) electrons. The van der Waals surface area contributed by atoms with Crippen molar-refractivity contribution in [1.29, 1.82) is 0 Å². The van der Waals surface area contributed by atoms with Crippen molar-refractivity contribution in [2.75, 3.05) is 5.73 Å². The highest BCUT2D eigenvalue weighted by molar-refractivity contribution is 9.10. The fraction of sp³-hybridized carbons (Fsp3) is 0.0667. The molecule has 96 valence electrons. The van der Waals surface area contributed by atoms with Crippen molar-refractivity contribution in [2.45, 2.75) is 6.61 Å². The zero-order valence-corrected chi connectivity index (χ0v) is 11.7. The highest BCUT2D eigenvalue weighted by Gasteiger charge is 2.07. The lowest BCUT2D eigenvalue weighted by Crippen LogP contribution is -1.93. The van der Waals surface area contributed by atoms with Crippen LogP contribution < -0.4 is 10.5 Å². The summed E-state index contributed by atoms with van der Waals surface area (Å²) in [6.45, 7) is 0.372. The van der Waals surface area contributed by atoms with Gasteiger partial charge >= 0.3 is 0 Å². The summed E-state index contributed by atoms with van der Waals surface area (Å²) in [5.41, 5.74) is 7.39. The second kappa shape index (κ2) is 4.97. The molecule has 19 heavy (non-hydrogen) atoms. The van der Waals surface area contributed by atoms with Gasteiger partial charge in [-0.05, 0) is 46.3 Å². The molecule has 0 spiro atoms. The summed E-state index contributed by atoms with van der Waals surface area (Å²) >= 11 is 3.44. The molecule has 3 aromatic rings. The van der Waals surface area contributed by atoms with Crippen LogP contribution in [0.4, 0.5) is 5.69 Å². The van der Waals surface area contributed by atoms with Crippen molar-refractivity contribution in [3.8, 4) is 5.75 Å². The smallest absolute Gasteiger partial charge is 0.146 e. The molecule has 0 unspecified atom stereocenters. The van der Waals surface area contributed by atoms with Crippen LogP contribution in [-0.4, -0.2) is 0 Å². The van der Waals surface area contributed by atoms with Crippen molar-refractivity contribution < 1.29 is 9.15 Å². The molecule has 2 N–H and O–H groups in total. The predicted octanol–water partition coefficient (Wildman–Crippen LogP) is 4.36. The number of halogens is 1. The van der Waals surface area contributed by atoms with Gasteiger partial charge in [0, 0.05) is 11.1 Å². The fourth-order valence-electron chi connectivity index (χ4n) is 1.92. The zero-order chi connectivity index (χ0) is 13.2. The third-order valence-corrected chi connectivity index (χ3v) is 3.51. The van der Waals surface area contributed by atoms with E-state index in [1.807, 2.05) is 48.5 Å². The lowest BCUT2D eigenvalue weighted by Gasteiger charge is -2.05. The number of nitrogen functional groups attached to an aromatic ring is 1. The monoisotopic (exact) mass is 317 g/mol. The molecule has 0 aliphatic rings. The molecule has 2 aromatic carbocycles. The van der Waals surface area contributed by atoms with Gasteiger partial charge in [-0.1, -0.05) is 18.2 Å².